The molecule has 1 saturated carbocycles. The summed E-state index contributed by atoms with van der Waals surface area (Å²) in [6, 6.07) is 0. The minimum atomic E-state index is -4.40. The van der Waals surface area contributed by atoms with E-state index in [9.17, 15) is 22.0 Å². The molecule has 25 heavy (non-hydrogen) atoms. The molecule has 2 aliphatic heterocycles. The van der Waals surface area contributed by atoms with Crippen LogP contribution in [-0.2, 0) is 4.74 Å². The molecular weight excluding hydrogens is 343 g/mol. The standard InChI is InChI=1S/C17H25F5N2O/c1-2-15(11-25-12-15)10-24-8-7-23(14(24)17(20,21)22)9-13-3-5-16(18,19)6-4-13/h7-8,13-14H,2-6,9-12H2,1H3. The molecule has 2 heterocycles. The number of nitrogens with zero attached hydrogens (tertiary/aromatic N) is 2. The monoisotopic (exact) mass is 368 g/mol. The first kappa shape index (κ1) is 18.7. The summed E-state index contributed by atoms with van der Waals surface area (Å²) >= 11 is 0. The average Bonchev–Trinajstić information content (AvgIpc) is 2.87. The molecule has 0 radical (unpaired) electrons. The quantitative estimate of drug-likeness (QED) is 0.676. The highest BCUT2D eigenvalue weighted by Gasteiger charge is 2.51. The van der Waals surface area contributed by atoms with E-state index in [1.54, 1.807) is 0 Å². The highest BCUT2D eigenvalue weighted by Crippen LogP contribution is 2.41. The van der Waals surface area contributed by atoms with Gasteiger partial charge in [-0.25, -0.2) is 8.78 Å². The fourth-order valence-corrected chi connectivity index (χ4v) is 3.97. The summed E-state index contributed by atoms with van der Waals surface area (Å²) in [4.78, 5) is 2.61. The molecule has 3 aliphatic rings. The summed E-state index contributed by atoms with van der Waals surface area (Å²) in [6.07, 6.45) is -2.31. The number of hydrogen-bond acceptors (Lipinski definition) is 3. The summed E-state index contributed by atoms with van der Waals surface area (Å²) in [5.74, 6) is -2.79. The molecule has 0 aromatic rings. The van der Waals surface area contributed by atoms with E-state index in [1.807, 2.05) is 6.92 Å². The fourth-order valence-electron chi connectivity index (χ4n) is 3.97. The molecule has 0 bridgehead atoms. The molecule has 3 rings (SSSR count). The maximum Gasteiger partial charge on any atom is 0.427 e. The SMILES string of the molecule is CCC1(CN2C=CN(CC3CCC(F)(F)CC3)C2C(F)(F)F)COC1. The van der Waals surface area contributed by atoms with E-state index in [-0.39, 0.29) is 43.6 Å². The Morgan fingerprint density at radius 1 is 1.08 bits per heavy atom. The van der Waals surface area contributed by atoms with Gasteiger partial charge in [-0.3, -0.25) is 0 Å². The van der Waals surface area contributed by atoms with Gasteiger partial charge in [0.05, 0.1) is 13.2 Å². The molecule has 0 amide bonds. The third kappa shape index (κ3) is 4.04. The second-order valence-corrected chi connectivity index (χ2v) is 7.73. The minimum Gasteiger partial charge on any atom is -0.380 e. The lowest BCUT2D eigenvalue weighted by atomic mass is 9.82. The first-order chi connectivity index (χ1) is 11.6. The van der Waals surface area contributed by atoms with Gasteiger partial charge in [0.15, 0.2) is 6.17 Å². The van der Waals surface area contributed by atoms with Crippen LogP contribution in [0.4, 0.5) is 22.0 Å². The molecule has 1 saturated heterocycles. The lowest BCUT2D eigenvalue weighted by Gasteiger charge is -2.46. The van der Waals surface area contributed by atoms with Crippen molar-refractivity contribution in [3.8, 4) is 0 Å². The van der Waals surface area contributed by atoms with Gasteiger partial charge in [-0.2, -0.15) is 13.2 Å². The van der Waals surface area contributed by atoms with Crippen LogP contribution in [0.3, 0.4) is 0 Å². The fraction of sp³-hybridized carbons (Fsp3) is 0.882. The van der Waals surface area contributed by atoms with Gasteiger partial charge in [0.1, 0.15) is 0 Å². The lowest BCUT2D eigenvalue weighted by Crippen LogP contribution is -2.56. The van der Waals surface area contributed by atoms with Crippen molar-refractivity contribution in [1.29, 1.82) is 0 Å². The molecular formula is C17H25F5N2O. The van der Waals surface area contributed by atoms with Crippen molar-refractivity contribution in [2.45, 2.75) is 57.3 Å². The molecule has 1 atom stereocenters. The first-order valence-corrected chi connectivity index (χ1v) is 8.86. The van der Waals surface area contributed by atoms with Crippen LogP contribution in [0.5, 0.6) is 0 Å². The smallest absolute Gasteiger partial charge is 0.380 e. The summed E-state index contributed by atoms with van der Waals surface area (Å²) in [5.41, 5.74) is -0.225. The number of hydrogen-bond donors (Lipinski definition) is 0. The summed E-state index contributed by atoms with van der Waals surface area (Å²) in [5, 5.41) is 0. The number of ether oxygens (including phenoxy) is 1. The Bertz CT molecular complexity index is 488. The topological polar surface area (TPSA) is 15.7 Å². The normalized spacial score (nSPS) is 29.1. The molecule has 3 nitrogen and oxygen atoms in total. The molecule has 2 fully saturated rings. The van der Waals surface area contributed by atoms with Crippen molar-refractivity contribution in [2.75, 3.05) is 26.3 Å². The lowest BCUT2D eigenvalue weighted by molar-refractivity contribution is -0.217. The molecule has 0 aromatic heterocycles. The highest BCUT2D eigenvalue weighted by molar-refractivity contribution is 5.04. The molecule has 0 N–H and O–H groups in total. The van der Waals surface area contributed by atoms with Crippen LogP contribution >= 0.6 is 0 Å². The van der Waals surface area contributed by atoms with Crippen LogP contribution in [0.15, 0.2) is 12.4 Å². The van der Waals surface area contributed by atoms with Crippen molar-refractivity contribution in [3.63, 3.8) is 0 Å². The Kier molecular flexibility index (Phi) is 4.94. The third-order valence-electron chi connectivity index (χ3n) is 5.76. The van der Waals surface area contributed by atoms with Crippen molar-refractivity contribution < 1.29 is 26.7 Å². The van der Waals surface area contributed by atoms with Gasteiger partial charge >= 0.3 is 6.18 Å². The van der Waals surface area contributed by atoms with E-state index >= 15 is 0 Å². The molecule has 0 spiro atoms. The van der Waals surface area contributed by atoms with E-state index in [0.717, 1.165) is 6.42 Å². The summed E-state index contributed by atoms with van der Waals surface area (Å²) < 4.78 is 72.7. The zero-order valence-electron chi connectivity index (χ0n) is 14.4. The number of halogens is 5. The van der Waals surface area contributed by atoms with E-state index < -0.39 is 18.3 Å². The zero-order valence-corrected chi connectivity index (χ0v) is 14.4. The van der Waals surface area contributed by atoms with Crippen LogP contribution in [0.2, 0.25) is 0 Å². The van der Waals surface area contributed by atoms with Crippen LogP contribution in [0, 0.1) is 11.3 Å². The van der Waals surface area contributed by atoms with E-state index in [0.29, 0.717) is 19.8 Å². The Morgan fingerprint density at radius 2 is 1.68 bits per heavy atom. The Balaban J connectivity index is 1.65. The van der Waals surface area contributed by atoms with Gasteiger partial charge in [-0.1, -0.05) is 6.92 Å². The predicted molar refractivity (Wildman–Crippen MR) is 82.8 cm³/mol. The summed E-state index contributed by atoms with van der Waals surface area (Å²) in [7, 11) is 0. The molecule has 1 unspecified atom stereocenters. The Hall–Kier alpha value is -1.05. The maximum atomic E-state index is 13.7. The van der Waals surface area contributed by atoms with Gasteiger partial charge in [-0.15, -0.1) is 0 Å². The van der Waals surface area contributed by atoms with Gasteiger partial charge < -0.3 is 14.5 Å². The molecule has 1 aliphatic carbocycles. The molecule has 0 aromatic carbocycles. The molecule has 8 heteroatoms. The second-order valence-electron chi connectivity index (χ2n) is 7.73. The third-order valence-corrected chi connectivity index (χ3v) is 5.76. The van der Waals surface area contributed by atoms with E-state index in [2.05, 4.69) is 0 Å². The first-order valence-electron chi connectivity index (χ1n) is 8.86. The van der Waals surface area contributed by atoms with Crippen LogP contribution < -0.4 is 0 Å². The highest BCUT2D eigenvalue weighted by atomic mass is 19.4. The van der Waals surface area contributed by atoms with Gasteiger partial charge in [0, 0.05) is 43.7 Å². The zero-order chi connectivity index (χ0) is 18.3. The van der Waals surface area contributed by atoms with Crippen LogP contribution in [0.25, 0.3) is 0 Å². The number of rotatable bonds is 5. The van der Waals surface area contributed by atoms with E-state index in [4.69, 9.17) is 4.74 Å². The van der Waals surface area contributed by atoms with Crippen molar-refractivity contribution >= 4 is 0 Å². The Morgan fingerprint density at radius 3 is 2.16 bits per heavy atom. The van der Waals surface area contributed by atoms with Crippen molar-refractivity contribution in [1.82, 2.24) is 9.80 Å². The maximum absolute atomic E-state index is 13.7. The summed E-state index contributed by atoms with van der Waals surface area (Å²) in [6.45, 7) is 3.39. The van der Waals surface area contributed by atoms with Crippen LogP contribution in [0.1, 0.15) is 39.0 Å². The minimum absolute atomic E-state index is 0.124. The van der Waals surface area contributed by atoms with Gasteiger partial charge in [-0.05, 0) is 25.2 Å². The van der Waals surface area contributed by atoms with Gasteiger partial charge in [0.25, 0.3) is 0 Å². The van der Waals surface area contributed by atoms with E-state index in [1.165, 1.54) is 22.2 Å². The molecule has 144 valence electrons. The van der Waals surface area contributed by atoms with Gasteiger partial charge in [0.2, 0.25) is 5.92 Å². The second kappa shape index (κ2) is 6.59. The average molecular weight is 368 g/mol. The van der Waals surface area contributed by atoms with Crippen LogP contribution in [-0.4, -0.2) is 54.4 Å². The Labute approximate surface area is 144 Å². The van der Waals surface area contributed by atoms with Crippen molar-refractivity contribution in [2.24, 2.45) is 11.3 Å². The van der Waals surface area contributed by atoms with Crippen molar-refractivity contribution in [3.05, 3.63) is 12.4 Å². The number of alkyl halides is 5. The largest absolute Gasteiger partial charge is 0.427 e. The predicted octanol–water partition coefficient (Wildman–Crippen LogP) is 4.22.